The Bertz CT molecular complexity index is 1880. The van der Waals surface area contributed by atoms with Gasteiger partial charge in [0.2, 0.25) is 0 Å². The third-order valence-corrected chi connectivity index (χ3v) is 8.12. The van der Waals surface area contributed by atoms with E-state index in [0.717, 1.165) is 5.41 Å². The second-order valence-electron chi connectivity index (χ2n) is 8.65. The standard InChI is InChI=1S/C28H25N5O6S2/c1-5-41(37,38)19-8-6-18(7-9-19)30-33-27-20-11-13-24(28(34)21(20)10-12-23(27)29)31-32-25-14-16(2)22(15-26(25)39-4)17(3)40(35)36/h5-15,34H,1,3,29H2,2,4H3,(H,35,36). The third-order valence-electron chi connectivity index (χ3n) is 6.11. The number of nitrogen functional groups attached to an aromatic ring is 1. The lowest BCUT2D eigenvalue weighted by atomic mass is 10.1. The van der Waals surface area contributed by atoms with Crippen molar-refractivity contribution in [3.8, 4) is 11.5 Å². The molecule has 0 fully saturated rings. The van der Waals surface area contributed by atoms with Crippen molar-refractivity contribution >= 4 is 65.0 Å². The Hall–Kier alpha value is -4.72. The smallest absolute Gasteiger partial charge is 0.199 e. The third kappa shape index (κ3) is 6.06. The first-order valence-electron chi connectivity index (χ1n) is 11.8. The number of nitrogens with zero attached hydrogens (tertiary/aromatic N) is 4. The maximum absolute atomic E-state index is 11.9. The summed E-state index contributed by atoms with van der Waals surface area (Å²) in [5.74, 6) is 0.130. The molecule has 0 saturated carbocycles. The molecule has 4 rings (SSSR count). The number of ether oxygens (including phenoxy) is 1. The van der Waals surface area contributed by atoms with Gasteiger partial charge < -0.3 is 20.1 Å². The Morgan fingerprint density at radius 2 is 1.63 bits per heavy atom. The van der Waals surface area contributed by atoms with Crippen molar-refractivity contribution in [2.24, 2.45) is 20.5 Å². The molecular formula is C28H25N5O6S2. The lowest BCUT2D eigenvalue weighted by Crippen LogP contribution is -1.96. The van der Waals surface area contributed by atoms with Crippen LogP contribution < -0.4 is 10.5 Å². The molecule has 0 aliphatic carbocycles. The zero-order valence-electron chi connectivity index (χ0n) is 22.0. The maximum atomic E-state index is 11.9. The van der Waals surface area contributed by atoms with Crippen LogP contribution >= 0.6 is 0 Å². The summed E-state index contributed by atoms with van der Waals surface area (Å²) >= 11 is -2.25. The summed E-state index contributed by atoms with van der Waals surface area (Å²) in [4.78, 5) is 0.111. The van der Waals surface area contributed by atoms with Crippen molar-refractivity contribution in [3.63, 3.8) is 0 Å². The maximum Gasteiger partial charge on any atom is 0.199 e. The average molecular weight is 592 g/mol. The number of aryl methyl sites for hydroxylation is 1. The Morgan fingerprint density at radius 3 is 2.27 bits per heavy atom. The normalized spacial score (nSPS) is 12.7. The number of aromatic hydroxyl groups is 1. The number of benzene rings is 4. The molecule has 0 heterocycles. The first-order chi connectivity index (χ1) is 19.5. The van der Waals surface area contributed by atoms with Gasteiger partial charge in [-0.25, -0.2) is 12.6 Å². The highest BCUT2D eigenvalue weighted by atomic mass is 32.2. The van der Waals surface area contributed by atoms with Gasteiger partial charge in [0, 0.05) is 16.2 Å². The van der Waals surface area contributed by atoms with E-state index in [1.165, 1.54) is 31.4 Å². The van der Waals surface area contributed by atoms with Gasteiger partial charge in [-0.1, -0.05) is 13.2 Å². The van der Waals surface area contributed by atoms with Crippen molar-refractivity contribution in [2.45, 2.75) is 11.8 Å². The molecule has 1 unspecified atom stereocenters. The molecule has 0 amide bonds. The van der Waals surface area contributed by atoms with Crippen molar-refractivity contribution in [3.05, 3.63) is 90.4 Å². The molecule has 1 atom stereocenters. The molecule has 210 valence electrons. The van der Waals surface area contributed by atoms with Crippen LogP contribution in [0.25, 0.3) is 15.7 Å². The quantitative estimate of drug-likeness (QED) is 0.103. The van der Waals surface area contributed by atoms with Crippen LogP contribution in [0.5, 0.6) is 11.5 Å². The fourth-order valence-electron chi connectivity index (χ4n) is 3.89. The van der Waals surface area contributed by atoms with Crippen LogP contribution in [0, 0.1) is 6.92 Å². The van der Waals surface area contributed by atoms with E-state index in [0.29, 0.717) is 50.4 Å². The Morgan fingerprint density at radius 1 is 0.976 bits per heavy atom. The largest absolute Gasteiger partial charge is 0.505 e. The summed E-state index contributed by atoms with van der Waals surface area (Å²) in [6, 6.07) is 15.4. The number of methoxy groups -OCH3 is 1. The molecule has 4 N–H and O–H groups in total. The lowest BCUT2D eigenvalue weighted by Gasteiger charge is -2.11. The lowest BCUT2D eigenvalue weighted by molar-refractivity contribution is 0.415. The van der Waals surface area contributed by atoms with Gasteiger partial charge in [0.1, 0.15) is 22.8 Å². The van der Waals surface area contributed by atoms with Gasteiger partial charge in [-0.05, 0) is 78.7 Å². The van der Waals surface area contributed by atoms with Crippen LogP contribution in [0.1, 0.15) is 11.1 Å². The number of hydrogen-bond donors (Lipinski definition) is 3. The number of fused-ring (bicyclic) bond motifs is 1. The Kier molecular flexibility index (Phi) is 8.42. The minimum atomic E-state index is -3.57. The molecule has 11 nitrogen and oxygen atoms in total. The van der Waals surface area contributed by atoms with E-state index in [2.05, 4.69) is 33.6 Å². The van der Waals surface area contributed by atoms with Crippen molar-refractivity contribution in [2.75, 3.05) is 12.8 Å². The topological polar surface area (TPSA) is 176 Å². The summed E-state index contributed by atoms with van der Waals surface area (Å²) in [6.07, 6.45) is 0. The second-order valence-corrected chi connectivity index (χ2v) is 11.5. The summed E-state index contributed by atoms with van der Waals surface area (Å²) in [6.45, 7) is 8.68. The number of phenolic OH excluding ortho intramolecular Hbond substituents is 1. The van der Waals surface area contributed by atoms with Crippen molar-refractivity contribution in [1.82, 2.24) is 0 Å². The molecule has 0 aromatic heterocycles. The van der Waals surface area contributed by atoms with Crippen LogP contribution in [0.4, 0.5) is 28.4 Å². The van der Waals surface area contributed by atoms with E-state index in [-0.39, 0.29) is 21.2 Å². The van der Waals surface area contributed by atoms with Gasteiger partial charge in [-0.2, -0.15) is 5.11 Å². The molecule has 4 aromatic carbocycles. The number of hydrogen-bond acceptors (Lipinski definition) is 10. The minimum absolute atomic E-state index is 0.0290. The predicted octanol–water partition coefficient (Wildman–Crippen LogP) is 7.39. The molecule has 0 aliphatic heterocycles. The predicted molar refractivity (Wildman–Crippen MR) is 160 cm³/mol. The van der Waals surface area contributed by atoms with E-state index >= 15 is 0 Å². The zero-order chi connectivity index (χ0) is 29.9. The van der Waals surface area contributed by atoms with Gasteiger partial charge in [-0.3, -0.25) is 0 Å². The fourth-order valence-corrected chi connectivity index (χ4v) is 5.01. The number of azo groups is 2. The van der Waals surface area contributed by atoms with E-state index in [1.807, 2.05) is 0 Å². The van der Waals surface area contributed by atoms with E-state index in [4.69, 9.17) is 10.5 Å². The molecule has 0 spiro atoms. The van der Waals surface area contributed by atoms with E-state index in [1.54, 1.807) is 43.3 Å². The second kappa shape index (κ2) is 11.8. The van der Waals surface area contributed by atoms with Crippen LogP contribution in [0.2, 0.25) is 0 Å². The molecule has 0 bridgehead atoms. The van der Waals surface area contributed by atoms with Crippen LogP contribution in [0.3, 0.4) is 0 Å². The highest BCUT2D eigenvalue weighted by Gasteiger charge is 2.15. The average Bonchev–Trinajstić information content (AvgIpc) is 2.96. The molecule has 4 aromatic rings. The Labute approximate surface area is 238 Å². The first-order valence-corrected chi connectivity index (χ1v) is 14.5. The van der Waals surface area contributed by atoms with Gasteiger partial charge in [0.05, 0.1) is 28.3 Å². The minimum Gasteiger partial charge on any atom is -0.505 e. The fraction of sp³-hybridized carbons (Fsp3) is 0.0714. The molecule has 0 saturated heterocycles. The summed E-state index contributed by atoms with van der Waals surface area (Å²) in [7, 11) is -2.14. The van der Waals surface area contributed by atoms with Crippen LogP contribution in [-0.4, -0.2) is 29.4 Å². The highest BCUT2D eigenvalue weighted by molar-refractivity contribution is 7.94. The number of rotatable bonds is 9. The summed E-state index contributed by atoms with van der Waals surface area (Å²) < 4.78 is 50.1. The molecule has 41 heavy (non-hydrogen) atoms. The van der Waals surface area contributed by atoms with Crippen molar-refractivity contribution < 1.29 is 27.0 Å². The van der Waals surface area contributed by atoms with Gasteiger partial charge in [0.15, 0.2) is 26.7 Å². The summed E-state index contributed by atoms with van der Waals surface area (Å²) in [5, 5.41) is 29.6. The number of nitrogens with two attached hydrogens (primary N) is 1. The summed E-state index contributed by atoms with van der Waals surface area (Å²) in [5.41, 5.74) is 8.74. The Balaban J connectivity index is 1.68. The molecule has 0 radical (unpaired) electrons. The van der Waals surface area contributed by atoms with E-state index in [9.17, 15) is 22.3 Å². The van der Waals surface area contributed by atoms with Gasteiger partial charge >= 0.3 is 0 Å². The number of phenols is 1. The van der Waals surface area contributed by atoms with Crippen molar-refractivity contribution in [1.29, 1.82) is 0 Å². The van der Waals surface area contributed by atoms with Gasteiger partial charge in [0.25, 0.3) is 0 Å². The highest BCUT2D eigenvalue weighted by Crippen LogP contribution is 2.43. The number of sulfone groups is 1. The molecule has 0 aliphatic rings. The van der Waals surface area contributed by atoms with Crippen LogP contribution in [-0.2, 0) is 20.9 Å². The zero-order valence-corrected chi connectivity index (χ0v) is 23.6. The van der Waals surface area contributed by atoms with E-state index < -0.39 is 20.9 Å². The molecule has 13 heteroatoms. The van der Waals surface area contributed by atoms with Crippen LogP contribution in [0.15, 0.2) is 105 Å². The monoisotopic (exact) mass is 591 g/mol. The first kappa shape index (κ1) is 29.3. The molecular weight excluding hydrogens is 566 g/mol. The van der Waals surface area contributed by atoms with Gasteiger partial charge in [-0.15, -0.1) is 15.3 Å². The SMILES string of the molecule is C=CS(=O)(=O)c1ccc(N=Nc2c(N)ccc3c(O)c(N=Nc4cc(C)c(C(=C)S(=O)O)cc4OC)ccc23)cc1. The number of anilines is 1.